The third-order valence-electron chi connectivity index (χ3n) is 2.65. The average molecular weight is 307 g/mol. The monoisotopic (exact) mass is 307 g/mol. The van der Waals surface area contributed by atoms with E-state index in [1.165, 1.54) is 0 Å². The Labute approximate surface area is 126 Å². The quantitative estimate of drug-likeness (QED) is 0.890. The summed E-state index contributed by atoms with van der Waals surface area (Å²) in [6.45, 7) is 2.00. The second-order valence-corrected chi connectivity index (χ2v) is 4.37. The molecule has 0 heterocycles. The summed E-state index contributed by atoms with van der Waals surface area (Å²) in [7, 11) is 0. The molecule has 0 fully saturated rings. The third kappa shape index (κ3) is 4.44. The molecule has 0 aliphatic heterocycles. The summed E-state index contributed by atoms with van der Waals surface area (Å²) < 4.78 is 36.8. The topological polar surface area (TPSA) is 47.6 Å². The Hall–Kier alpha value is -2.63. The molecule has 0 radical (unpaired) electrons. The van der Waals surface area contributed by atoms with E-state index in [0.29, 0.717) is 18.1 Å². The Morgan fingerprint density at radius 1 is 1.05 bits per heavy atom. The lowest BCUT2D eigenvalue weighted by Gasteiger charge is -2.11. The number of hydrogen-bond acceptors (Lipinski definition) is 3. The van der Waals surface area contributed by atoms with Crippen molar-refractivity contribution >= 4 is 11.6 Å². The predicted octanol–water partition coefficient (Wildman–Crippen LogP) is 3.38. The molecule has 0 unspecified atom stereocenters. The van der Waals surface area contributed by atoms with Crippen LogP contribution >= 0.6 is 0 Å². The molecular weight excluding hydrogens is 292 g/mol. The van der Waals surface area contributed by atoms with Gasteiger partial charge in [-0.25, -0.2) is 8.78 Å². The van der Waals surface area contributed by atoms with Gasteiger partial charge in [-0.15, -0.1) is 0 Å². The van der Waals surface area contributed by atoms with Gasteiger partial charge in [0.1, 0.15) is 11.6 Å². The molecule has 0 atom stereocenters. The summed E-state index contributed by atoms with van der Waals surface area (Å²) in [4.78, 5) is 11.8. The van der Waals surface area contributed by atoms with Crippen LogP contribution in [0.15, 0.2) is 42.5 Å². The molecule has 0 spiro atoms. The van der Waals surface area contributed by atoms with Crippen LogP contribution in [-0.4, -0.2) is 19.1 Å². The minimum absolute atomic E-state index is 0.0317. The van der Waals surface area contributed by atoms with Crippen molar-refractivity contribution < 1.29 is 23.0 Å². The van der Waals surface area contributed by atoms with Gasteiger partial charge >= 0.3 is 0 Å². The fourth-order valence-electron chi connectivity index (χ4n) is 1.81. The third-order valence-corrected chi connectivity index (χ3v) is 2.65. The molecule has 0 aliphatic rings. The van der Waals surface area contributed by atoms with E-state index in [9.17, 15) is 13.6 Å². The average Bonchev–Trinajstić information content (AvgIpc) is 2.45. The molecule has 116 valence electrons. The van der Waals surface area contributed by atoms with E-state index < -0.39 is 17.5 Å². The van der Waals surface area contributed by atoms with Gasteiger partial charge in [-0.3, -0.25) is 4.79 Å². The van der Waals surface area contributed by atoms with Gasteiger partial charge in [0, 0.05) is 11.8 Å². The van der Waals surface area contributed by atoms with Crippen molar-refractivity contribution in [2.24, 2.45) is 0 Å². The molecule has 1 N–H and O–H groups in total. The zero-order chi connectivity index (χ0) is 15.9. The fourth-order valence-corrected chi connectivity index (χ4v) is 1.81. The largest absolute Gasteiger partial charge is 0.490 e. The van der Waals surface area contributed by atoms with Gasteiger partial charge in [0.25, 0.3) is 5.91 Å². The van der Waals surface area contributed by atoms with Gasteiger partial charge in [0.2, 0.25) is 0 Å². The van der Waals surface area contributed by atoms with Gasteiger partial charge in [-0.1, -0.05) is 12.1 Å². The first kappa shape index (κ1) is 15.8. The Morgan fingerprint density at radius 3 is 2.23 bits per heavy atom. The van der Waals surface area contributed by atoms with Gasteiger partial charge in [0.15, 0.2) is 18.1 Å². The highest BCUT2D eigenvalue weighted by Gasteiger charge is 2.09. The molecule has 22 heavy (non-hydrogen) atoms. The molecule has 2 aromatic carbocycles. The van der Waals surface area contributed by atoms with E-state index >= 15 is 0 Å². The van der Waals surface area contributed by atoms with E-state index in [-0.39, 0.29) is 12.3 Å². The first-order chi connectivity index (χ1) is 10.6. The summed E-state index contributed by atoms with van der Waals surface area (Å²) >= 11 is 0. The van der Waals surface area contributed by atoms with Crippen LogP contribution in [0, 0.1) is 11.6 Å². The summed E-state index contributed by atoms with van der Waals surface area (Å²) in [6.07, 6.45) is 0. The number of amides is 1. The number of nitrogens with one attached hydrogen (secondary N) is 1. The van der Waals surface area contributed by atoms with Gasteiger partial charge in [-0.2, -0.15) is 0 Å². The standard InChI is InChI=1S/C16H15F2NO3/c1-2-21-14-5-3-4-6-15(14)22-10-16(20)19-13-8-11(17)7-12(18)9-13/h3-9H,2,10H2,1H3,(H,19,20). The molecule has 1 amide bonds. The highest BCUT2D eigenvalue weighted by atomic mass is 19.1. The summed E-state index contributed by atoms with van der Waals surface area (Å²) in [5.74, 6) is -1.12. The maximum atomic E-state index is 13.0. The minimum atomic E-state index is -0.766. The van der Waals surface area contributed by atoms with E-state index in [1.807, 2.05) is 6.92 Å². The number of anilines is 1. The van der Waals surface area contributed by atoms with E-state index in [0.717, 1.165) is 18.2 Å². The lowest BCUT2D eigenvalue weighted by molar-refractivity contribution is -0.118. The zero-order valence-corrected chi connectivity index (χ0v) is 11.9. The van der Waals surface area contributed by atoms with Crippen LogP contribution in [0.4, 0.5) is 14.5 Å². The molecule has 0 saturated heterocycles. The van der Waals surface area contributed by atoms with Crippen LogP contribution in [0.25, 0.3) is 0 Å². The number of benzene rings is 2. The summed E-state index contributed by atoms with van der Waals surface area (Å²) in [5.41, 5.74) is 0.0317. The number of carbonyl (C=O) groups excluding carboxylic acids is 1. The van der Waals surface area contributed by atoms with Crippen molar-refractivity contribution in [2.75, 3.05) is 18.5 Å². The molecule has 0 saturated carbocycles. The molecular formula is C16H15F2NO3. The molecule has 0 bridgehead atoms. The van der Waals surface area contributed by atoms with Crippen molar-refractivity contribution in [2.45, 2.75) is 6.92 Å². The second-order valence-electron chi connectivity index (χ2n) is 4.37. The van der Waals surface area contributed by atoms with Crippen LogP contribution in [0.2, 0.25) is 0 Å². The lowest BCUT2D eigenvalue weighted by Crippen LogP contribution is -2.20. The number of halogens is 2. The van der Waals surface area contributed by atoms with Crippen LogP contribution in [-0.2, 0) is 4.79 Å². The van der Waals surface area contributed by atoms with Gasteiger partial charge in [-0.05, 0) is 31.2 Å². The molecule has 0 aromatic heterocycles. The number of hydrogen-bond donors (Lipinski definition) is 1. The zero-order valence-electron chi connectivity index (χ0n) is 11.9. The van der Waals surface area contributed by atoms with E-state index in [4.69, 9.17) is 9.47 Å². The first-order valence-corrected chi connectivity index (χ1v) is 6.69. The molecule has 6 heteroatoms. The SMILES string of the molecule is CCOc1ccccc1OCC(=O)Nc1cc(F)cc(F)c1. The van der Waals surface area contributed by atoms with Gasteiger partial charge < -0.3 is 14.8 Å². The second kappa shape index (κ2) is 7.40. The van der Waals surface area contributed by atoms with Crippen molar-refractivity contribution in [1.82, 2.24) is 0 Å². The predicted molar refractivity (Wildman–Crippen MR) is 78.1 cm³/mol. The first-order valence-electron chi connectivity index (χ1n) is 6.69. The number of carbonyl (C=O) groups is 1. The molecule has 0 aliphatic carbocycles. The fraction of sp³-hybridized carbons (Fsp3) is 0.188. The van der Waals surface area contributed by atoms with Crippen LogP contribution in [0.5, 0.6) is 11.5 Å². The Bertz CT molecular complexity index is 641. The van der Waals surface area contributed by atoms with Gasteiger partial charge in [0.05, 0.1) is 6.61 Å². The number of para-hydroxylation sites is 2. The maximum Gasteiger partial charge on any atom is 0.262 e. The van der Waals surface area contributed by atoms with Crippen LogP contribution in [0.1, 0.15) is 6.92 Å². The van der Waals surface area contributed by atoms with Crippen molar-refractivity contribution in [3.8, 4) is 11.5 Å². The highest BCUT2D eigenvalue weighted by molar-refractivity contribution is 5.91. The Kier molecular flexibility index (Phi) is 5.30. The van der Waals surface area contributed by atoms with E-state index in [1.54, 1.807) is 24.3 Å². The highest BCUT2D eigenvalue weighted by Crippen LogP contribution is 2.26. The van der Waals surface area contributed by atoms with Crippen molar-refractivity contribution in [1.29, 1.82) is 0 Å². The van der Waals surface area contributed by atoms with Crippen LogP contribution < -0.4 is 14.8 Å². The minimum Gasteiger partial charge on any atom is -0.490 e. The normalized spacial score (nSPS) is 10.1. The van der Waals surface area contributed by atoms with Crippen molar-refractivity contribution in [3.05, 3.63) is 54.1 Å². The molecule has 4 nitrogen and oxygen atoms in total. The summed E-state index contributed by atoms with van der Waals surface area (Å²) in [6, 6.07) is 9.69. The lowest BCUT2D eigenvalue weighted by atomic mass is 10.3. The van der Waals surface area contributed by atoms with Crippen molar-refractivity contribution in [3.63, 3.8) is 0 Å². The Balaban J connectivity index is 1.95. The molecule has 2 rings (SSSR count). The molecule has 2 aromatic rings. The number of rotatable bonds is 6. The number of ether oxygens (including phenoxy) is 2. The summed E-state index contributed by atoms with van der Waals surface area (Å²) in [5, 5.41) is 2.36. The van der Waals surface area contributed by atoms with E-state index in [2.05, 4.69) is 5.32 Å². The smallest absolute Gasteiger partial charge is 0.262 e. The Morgan fingerprint density at radius 2 is 1.64 bits per heavy atom. The maximum absolute atomic E-state index is 13.0. The van der Waals surface area contributed by atoms with Crippen LogP contribution in [0.3, 0.4) is 0 Å².